The summed E-state index contributed by atoms with van der Waals surface area (Å²) >= 11 is 0. The second-order valence-corrected chi connectivity index (χ2v) is 4.85. The fourth-order valence-electron chi connectivity index (χ4n) is 2.48. The molecule has 1 aliphatic heterocycles. The lowest BCUT2D eigenvalue weighted by molar-refractivity contribution is -0.116. The summed E-state index contributed by atoms with van der Waals surface area (Å²) < 4.78 is 13.4. The Morgan fingerprint density at radius 2 is 2.20 bits per heavy atom. The van der Waals surface area contributed by atoms with E-state index in [-0.39, 0.29) is 24.0 Å². The van der Waals surface area contributed by atoms with Gasteiger partial charge in [-0.1, -0.05) is 12.1 Å². The van der Waals surface area contributed by atoms with Crippen LogP contribution in [0.1, 0.15) is 19.3 Å². The van der Waals surface area contributed by atoms with E-state index in [4.69, 9.17) is 5.73 Å². The van der Waals surface area contributed by atoms with Crippen LogP contribution in [0.25, 0.3) is 0 Å². The Morgan fingerprint density at radius 1 is 1.45 bits per heavy atom. The van der Waals surface area contributed by atoms with Crippen molar-refractivity contribution >= 4 is 24.0 Å². The average Bonchev–Trinajstić information content (AvgIpc) is 2.86. The van der Waals surface area contributed by atoms with Crippen molar-refractivity contribution in [2.75, 3.05) is 25.0 Å². The highest BCUT2D eigenvalue weighted by molar-refractivity contribution is 5.90. The molecule has 0 spiro atoms. The predicted octanol–water partition coefficient (Wildman–Crippen LogP) is 2.00. The molecule has 20 heavy (non-hydrogen) atoms. The van der Waals surface area contributed by atoms with E-state index in [1.807, 2.05) is 0 Å². The quantitative estimate of drug-likeness (QED) is 0.874. The minimum Gasteiger partial charge on any atom is -0.329 e. The lowest BCUT2D eigenvalue weighted by Gasteiger charge is -2.22. The zero-order valence-corrected chi connectivity index (χ0v) is 12.2. The van der Waals surface area contributed by atoms with Crippen LogP contribution in [0.3, 0.4) is 0 Å². The van der Waals surface area contributed by atoms with Crippen LogP contribution in [0.5, 0.6) is 0 Å². The molecule has 0 aliphatic carbocycles. The SMILES string of the molecule is Cl.NCC1CCCN1CCC(=O)Nc1ccccc1F. The maximum atomic E-state index is 13.4. The van der Waals surface area contributed by atoms with Gasteiger partial charge in [-0.15, -0.1) is 12.4 Å². The molecule has 6 heteroatoms. The molecular weight excluding hydrogens is 281 g/mol. The first-order valence-electron chi connectivity index (χ1n) is 6.69. The van der Waals surface area contributed by atoms with Gasteiger partial charge in [0.2, 0.25) is 5.91 Å². The predicted molar refractivity (Wildman–Crippen MR) is 80.5 cm³/mol. The van der Waals surface area contributed by atoms with Crippen LogP contribution < -0.4 is 11.1 Å². The highest BCUT2D eigenvalue weighted by atomic mass is 35.5. The van der Waals surface area contributed by atoms with E-state index < -0.39 is 5.82 Å². The molecule has 1 unspecified atom stereocenters. The molecule has 0 bridgehead atoms. The van der Waals surface area contributed by atoms with E-state index in [0.717, 1.165) is 19.4 Å². The molecule has 4 nitrogen and oxygen atoms in total. The van der Waals surface area contributed by atoms with Gasteiger partial charge < -0.3 is 11.1 Å². The topological polar surface area (TPSA) is 58.4 Å². The Kier molecular flexibility index (Phi) is 6.91. The molecule has 1 amide bonds. The molecule has 1 saturated heterocycles. The van der Waals surface area contributed by atoms with Gasteiger partial charge in [0.15, 0.2) is 0 Å². The van der Waals surface area contributed by atoms with Crippen molar-refractivity contribution in [1.29, 1.82) is 0 Å². The van der Waals surface area contributed by atoms with Crippen LogP contribution in [-0.4, -0.2) is 36.5 Å². The molecule has 1 aliphatic rings. The number of para-hydroxylation sites is 1. The molecule has 3 N–H and O–H groups in total. The smallest absolute Gasteiger partial charge is 0.225 e. The van der Waals surface area contributed by atoms with E-state index in [2.05, 4.69) is 10.2 Å². The highest BCUT2D eigenvalue weighted by Crippen LogP contribution is 2.17. The lowest BCUT2D eigenvalue weighted by Crippen LogP contribution is -2.37. The second-order valence-electron chi connectivity index (χ2n) is 4.85. The van der Waals surface area contributed by atoms with Gasteiger partial charge in [0.05, 0.1) is 5.69 Å². The number of halogens is 2. The number of hydrogen-bond donors (Lipinski definition) is 2. The zero-order valence-electron chi connectivity index (χ0n) is 11.3. The van der Waals surface area contributed by atoms with Crippen LogP contribution >= 0.6 is 12.4 Å². The number of nitrogens with zero attached hydrogens (tertiary/aromatic N) is 1. The van der Waals surface area contributed by atoms with E-state index in [0.29, 0.717) is 25.6 Å². The molecule has 1 aromatic rings. The van der Waals surface area contributed by atoms with Gasteiger partial charge in [-0.05, 0) is 31.5 Å². The highest BCUT2D eigenvalue weighted by Gasteiger charge is 2.23. The molecule has 0 saturated carbocycles. The largest absolute Gasteiger partial charge is 0.329 e. The van der Waals surface area contributed by atoms with Crippen molar-refractivity contribution in [2.45, 2.75) is 25.3 Å². The van der Waals surface area contributed by atoms with Gasteiger partial charge in [-0.2, -0.15) is 0 Å². The fourth-order valence-corrected chi connectivity index (χ4v) is 2.48. The number of likely N-dealkylation sites (tertiary alicyclic amines) is 1. The first-order chi connectivity index (χ1) is 9.20. The Hall–Kier alpha value is -1.17. The molecule has 1 aromatic carbocycles. The number of nitrogens with one attached hydrogen (secondary N) is 1. The zero-order chi connectivity index (χ0) is 13.7. The molecule has 1 heterocycles. The number of carbonyl (C=O) groups excluding carboxylic acids is 1. The van der Waals surface area contributed by atoms with Crippen molar-refractivity contribution in [3.8, 4) is 0 Å². The molecule has 1 atom stereocenters. The molecular formula is C14H21ClFN3O. The Labute approximate surface area is 124 Å². The molecule has 0 radical (unpaired) electrons. The third-order valence-corrected chi connectivity index (χ3v) is 3.55. The summed E-state index contributed by atoms with van der Waals surface area (Å²) in [6.07, 6.45) is 2.60. The monoisotopic (exact) mass is 301 g/mol. The first kappa shape index (κ1) is 16.9. The number of nitrogens with two attached hydrogens (primary N) is 1. The minimum absolute atomic E-state index is 0. The minimum atomic E-state index is -0.406. The summed E-state index contributed by atoms with van der Waals surface area (Å²) in [5, 5.41) is 2.60. The van der Waals surface area contributed by atoms with Gasteiger partial charge in [-0.3, -0.25) is 9.69 Å². The van der Waals surface area contributed by atoms with Gasteiger partial charge in [0.25, 0.3) is 0 Å². The summed E-state index contributed by atoms with van der Waals surface area (Å²) in [6, 6.07) is 6.58. The van der Waals surface area contributed by atoms with Gasteiger partial charge >= 0.3 is 0 Å². The Bertz CT molecular complexity index is 444. The van der Waals surface area contributed by atoms with E-state index >= 15 is 0 Å². The van der Waals surface area contributed by atoms with Gasteiger partial charge in [0, 0.05) is 25.6 Å². The third kappa shape index (κ3) is 4.44. The van der Waals surface area contributed by atoms with E-state index in [1.165, 1.54) is 6.07 Å². The second kappa shape index (κ2) is 8.19. The van der Waals surface area contributed by atoms with Crippen molar-refractivity contribution < 1.29 is 9.18 Å². The summed E-state index contributed by atoms with van der Waals surface area (Å²) in [5.74, 6) is -0.565. The number of rotatable bonds is 5. The van der Waals surface area contributed by atoms with Crippen LogP contribution in [-0.2, 0) is 4.79 Å². The first-order valence-corrected chi connectivity index (χ1v) is 6.69. The number of anilines is 1. The van der Waals surface area contributed by atoms with Crippen molar-refractivity contribution in [3.05, 3.63) is 30.1 Å². The number of benzene rings is 1. The summed E-state index contributed by atoms with van der Waals surface area (Å²) in [5.41, 5.74) is 5.92. The Morgan fingerprint density at radius 3 is 2.90 bits per heavy atom. The summed E-state index contributed by atoms with van der Waals surface area (Å²) in [4.78, 5) is 14.0. The molecule has 0 aromatic heterocycles. The number of carbonyl (C=O) groups is 1. The van der Waals surface area contributed by atoms with Crippen LogP contribution in [0.4, 0.5) is 10.1 Å². The summed E-state index contributed by atoms with van der Waals surface area (Å²) in [6.45, 7) is 2.31. The lowest BCUT2D eigenvalue weighted by atomic mass is 10.2. The summed E-state index contributed by atoms with van der Waals surface area (Å²) in [7, 11) is 0. The van der Waals surface area contributed by atoms with E-state index in [1.54, 1.807) is 18.2 Å². The fraction of sp³-hybridized carbons (Fsp3) is 0.500. The number of hydrogen-bond acceptors (Lipinski definition) is 3. The third-order valence-electron chi connectivity index (χ3n) is 3.55. The Balaban J connectivity index is 0.00000200. The van der Waals surface area contributed by atoms with Crippen molar-refractivity contribution in [1.82, 2.24) is 4.90 Å². The number of amides is 1. The molecule has 112 valence electrons. The maximum Gasteiger partial charge on any atom is 0.225 e. The molecule has 1 fully saturated rings. The van der Waals surface area contributed by atoms with E-state index in [9.17, 15) is 9.18 Å². The van der Waals surface area contributed by atoms with Crippen LogP contribution in [0.15, 0.2) is 24.3 Å². The normalized spacial score (nSPS) is 18.6. The van der Waals surface area contributed by atoms with Gasteiger partial charge in [-0.25, -0.2) is 4.39 Å². The van der Waals surface area contributed by atoms with Crippen molar-refractivity contribution in [2.24, 2.45) is 5.73 Å². The molecule has 2 rings (SSSR count). The van der Waals surface area contributed by atoms with Crippen LogP contribution in [0.2, 0.25) is 0 Å². The maximum absolute atomic E-state index is 13.4. The standard InChI is InChI=1S/C14H20FN3O.ClH/c15-12-5-1-2-6-13(12)17-14(19)7-9-18-8-3-4-11(18)10-16;/h1-2,5-6,11H,3-4,7-10,16H2,(H,17,19);1H. The van der Waals surface area contributed by atoms with Crippen molar-refractivity contribution in [3.63, 3.8) is 0 Å². The average molecular weight is 302 g/mol. The van der Waals surface area contributed by atoms with Crippen LogP contribution in [0, 0.1) is 5.82 Å². The van der Waals surface area contributed by atoms with Gasteiger partial charge in [0.1, 0.15) is 5.82 Å².